The quantitative estimate of drug-likeness (QED) is 0.550. The lowest BCUT2D eigenvalue weighted by Gasteiger charge is -2.13. The van der Waals surface area contributed by atoms with Crippen molar-refractivity contribution in [1.82, 2.24) is 4.57 Å². The number of aromatic nitrogens is 1. The topological polar surface area (TPSA) is 91.9 Å². The smallest absolute Gasteiger partial charge is 0.330 e. The second-order valence-electron chi connectivity index (χ2n) is 4.91. The predicted octanol–water partition coefficient (Wildman–Crippen LogP) is 0.868. The third-order valence-electron chi connectivity index (χ3n) is 3.50. The van der Waals surface area contributed by atoms with Gasteiger partial charge in [-0.25, -0.2) is 4.79 Å². The minimum absolute atomic E-state index is 0.00806. The van der Waals surface area contributed by atoms with E-state index in [2.05, 4.69) is 6.58 Å². The number of aromatic hydroxyl groups is 2. The van der Waals surface area contributed by atoms with Gasteiger partial charge in [-0.2, -0.15) is 0 Å². The van der Waals surface area contributed by atoms with Gasteiger partial charge in [0.05, 0.1) is 6.54 Å². The first-order valence-corrected chi connectivity index (χ1v) is 6.64. The normalized spacial score (nSPS) is 15.4. The number of esters is 1. The van der Waals surface area contributed by atoms with Crippen molar-refractivity contribution in [3.05, 3.63) is 23.8 Å². The van der Waals surface area contributed by atoms with Gasteiger partial charge in [0.1, 0.15) is 12.7 Å². The van der Waals surface area contributed by atoms with Crippen LogP contribution in [0.4, 0.5) is 0 Å². The van der Waals surface area contributed by atoms with Crippen molar-refractivity contribution in [2.75, 3.05) is 6.61 Å². The van der Waals surface area contributed by atoms with E-state index in [1.165, 1.54) is 4.57 Å². The first-order chi connectivity index (χ1) is 9.54. The van der Waals surface area contributed by atoms with Crippen LogP contribution in [-0.4, -0.2) is 38.6 Å². The summed E-state index contributed by atoms with van der Waals surface area (Å²) in [5, 5.41) is 30.0. The molecule has 3 N–H and O–H groups in total. The van der Waals surface area contributed by atoms with E-state index < -0.39 is 12.1 Å². The maximum Gasteiger partial charge on any atom is 0.330 e. The summed E-state index contributed by atoms with van der Waals surface area (Å²) in [5.41, 5.74) is 1.51. The van der Waals surface area contributed by atoms with Crippen LogP contribution in [0.3, 0.4) is 0 Å². The Kier molecular flexibility index (Phi) is 4.34. The molecule has 2 rings (SSSR count). The van der Waals surface area contributed by atoms with Gasteiger partial charge < -0.3 is 20.1 Å². The SMILES string of the molecule is C=CC(=O)OCC(O)Cn1c(O)c2c(c1O)CCCC2. The molecular formula is C14H19NO5. The number of carbonyl (C=O) groups is 1. The molecule has 1 aromatic rings. The molecule has 1 aliphatic rings. The van der Waals surface area contributed by atoms with Crippen molar-refractivity contribution in [2.24, 2.45) is 0 Å². The first kappa shape index (κ1) is 14.5. The number of aliphatic hydroxyl groups excluding tert-OH is 1. The van der Waals surface area contributed by atoms with Gasteiger partial charge in [0.15, 0.2) is 11.8 Å². The summed E-state index contributed by atoms with van der Waals surface area (Å²) in [7, 11) is 0. The number of nitrogens with zero attached hydrogens (tertiary/aromatic N) is 1. The Bertz CT molecular complexity index is 491. The minimum atomic E-state index is -1.01. The molecule has 0 spiro atoms. The summed E-state index contributed by atoms with van der Waals surface area (Å²) in [6.45, 7) is 3.01. The maximum atomic E-state index is 10.9. The number of hydrogen-bond donors (Lipinski definition) is 3. The highest BCUT2D eigenvalue weighted by atomic mass is 16.5. The van der Waals surface area contributed by atoms with Gasteiger partial charge in [0.2, 0.25) is 0 Å². The molecule has 6 heteroatoms. The Balaban J connectivity index is 2.07. The van der Waals surface area contributed by atoms with Crippen molar-refractivity contribution < 1.29 is 24.9 Å². The lowest BCUT2D eigenvalue weighted by molar-refractivity contribution is -0.140. The van der Waals surface area contributed by atoms with Crippen LogP contribution in [0.1, 0.15) is 24.0 Å². The summed E-state index contributed by atoms with van der Waals surface area (Å²) in [6.07, 6.45) is 3.40. The first-order valence-electron chi connectivity index (χ1n) is 6.64. The zero-order chi connectivity index (χ0) is 14.7. The Morgan fingerprint density at radius 2 is 1.85 bits per heavy atom. The van der Waals surface area contributed by atoms with Gasteiger partial charge in [-0.15, -0.1) is 0 Å². The molecule has 0 aliphatic heterocycles. The molecule has 0 aromatic carbocycles. The average Bonchev–Trinajstić information content (AvgIpc) is 2.70. The predicted molar refractivity (Wildman–Crippen MR) is 71.6 cm³/mol. The Labute approximate surface area is 116 Å². The van der Waals surface area contributed by atoms with Gasteiger partial charge in [-0.1, -0.05) is 6.58 Å². The largest absolute Gasteiger partial charge is 0.494 e. The molecular weight excluding hydrogens is 262 g/mol. The van der Waals surface area contributed by atoms with Crippen LogP contribution in [0.2, 0.25) is 0 Å². The minimum Gasteiger partial charge on any atom is -0.494 e. The Hall–Kier alpha value is -1.95. The van der Waals surface area contributed by atoms with Crippen molar-refractivity contribution in [1.29, 1.82) is 0 Å². The number of carbonyl (C=O) groups excluding carboxylic acids is 1. The van der Waals surface area contributed by atoms with Crippen molar-refractivity contribution >= 4 is 5.97 Å². The van der Waals surface area contributed by atoms with E-state index in [4.69, 9.17) is 4.74 Å². The molecule has 6 nitrogen and oxygen atoms in total. The summed E-state index contributed by atoms with van der Waals surface area (Å²) >= 11 is 0. The maximum absolute atomic E-state index is 10.9. The van der Waals surface area contributed by atoms with Gasteiger partial charge in [-0.3, -0.25) is 4.57 Å². The highest BCUT2D eigenvalue weighted by molar-refractivity contribution is 5.81. The standard InChI is InChI=1S/C14H19NO5/c1-2-12(17)20-8-9(16)7-15-13(18)10-5-3-4-6-11(10)14(15)19/h2,9,16,18-19H,1,3-8H2. The van der Waals surface area contributed by atoms with Crippen LogP contribution in [0.15, 0.2) is 12.7 Å². The molecule has 0 amide bonds. The van der Waals surface area contributed by atoms with Crippen molar-refractivity contribution in [3.8, 4) is 11.8 Å². The van der Waals surface area contributed by atoms with Gasteiger partial charge in [-0.05, 0) is 25.7 Å². The molecule has 110 valence electrons. The summed E-state index contributed by atoms with van der Waals surface area (Å²) in [4.78, 5) is 10.9. The number of rotatable bonds is 5. The summed E-state index contributed by atoms with van der Waals surface area (Å²) < 4.78 is 5.99. The van der Waals surface area contributed by atoms with Crippen LogP contribution >= 0.6 is 0 Å². The van der Waals surface area contributed by atoms with Gasteiger partial charge >= 0.3 is 5.97 Å². The molecule has 1 aliphatic carbocycles. The van der Waals surface area contributed by atoms with Crippen LogP contribution in [-0.2, 0) is 28.9 Å². The molecule has 1 heterocycles. The zero-order valence-corrected chi connectivity index (χ0v) is 11.2. The van der Waals surface area contributed by atoms with E-state index in [1.54, 1.807) is 0 Å². The van der Waals surface area contributed by atoms with E-state index in [0.29, 0.717) is 0 Å². The second kappa shape index (κ2) is 6.00. The molecule has 0 radical (unpaired) electrons. The van der Waals surface area contributed by atoms with E-state index in [1.807, 2.05) is 0 Å². The van der Waals surface area contributed by atoms with E-state index in [0.717, 1.165) is 42.9 Å². The highest BCUT2D eigenvalue weighted by Crippen LogP contribution is 2.38. The monoisotopic (exact) mass is 281 g/mol. The molecule has 20 heavy (non-hydrogen) atoms. The lowest BCUT2D eigenvalue weighted by Crippen LogP contribution is -2.23. The average molecular weight is 281 g/mol. The molecule has 1 aromatic heterocycles. The van der Waals surface area contributed by atoms with Crippen LogP contribution in [0, 0.1) is 0 Å². The van der Waals surface area contributed by atoms with E-state index >= 15 is 0 Å². The summed E-state index contributed by atoms with van der Waals surface area (Å²) in [5.74, 6) is -0.637. The number of fused-ring (bicyclic) bond motifs is 1. The van der Waals surface area contributed by atoms with E-state index in [-0.39, 0.29) is 24.9 Å². The third kappa shape index (κ3) is 2.80. The fraction of sp³-hybridized carbons (Fsp3) is 0.500. The van der Waals surface area contributed by atoms with Crippen molar-refractivity contribution in [2.45, 2.75) is 38.3 Å². The fourth-order valence-corrected chi connectivity index (χ4v) is 2.50. The van der Waals surface area contributed by atoms with Gasteiger partial charge in [0, 0.05) is 17.2 Å². The van der Waals surface area contributed by atoms with E-state index in [9.17, 15) is 20.1 Å². The third-order valence-corrected chi connectivity index (χ3v) is 3.50. The number of aliphatic hydroxyl groups is 1. The van der Waals surface area contributed by atoms with Crippen LogP contribution < -0.4 is 0 Å². The molecule has 1 unspecified atom stereocenters. The number of ether oxygens (including phenoxy) is 1. The van der Waals surface area contributed by atoms with Crippen LogP contribution in [0.25, 0.3) is 0 Å². The Morgan fingerprint density at radius 3 is 2.35 bits per heavy atom. The van der Waals surface area contributed by atoms with Crippen molar-refractivity contribution in [3.63, 3.8) is 0 Å². The molecule has 0 bridgehead atoms. The molecule has 0 saturated carbocycles. The number of hydrogen-bond acceptors (Lipinski definition) is 5. The highest BCUT2D eigenvalue weighted by Gasteiger charge is 2.25. The molecule has 0 saturated heterocycles. The zero-order valence-electron chi connectivity index (χ0n) is 11.2. The summed E-state index contributed by atoms with van der Waals surface area (Å²) in [6, 6.07) is 0. The van der Waals surface area contributed by atoms with Crippen LogP contribution in [0.5, 0.6) is 11.8 Å². The molecule has 1 atom stereocenters. The van der Waals surface area contributed by atoms with Gasteiger partial charge in [0.25, 0.3) is 0 Å². The lowest BCUT2D eigenvalue weighted by atomic mass is 9.95. The fourth-order valence-electron chi connectivity index (χ4n) is 2.50. The Morgan fingerprint density at radius 1 is 1.30 bits per heavy atom. The molecule has 0 fully saturated rings. The second-order valence-corrected chi connectivity index (χ2v) is 4.91.